The number of para-hydroxylation sites is 1. The lowest BCUT2D eigenvalue weighted by Gasteiger charge is -2.18. The van der Waals surface area contributed by atoms with E-state index in [1.54, 1.807) is 30.2 Å². The lowest BCUT2D eigenvalue weighted by molar-refractivity contribution is 0.146. The van der Waals surface area contributed by atoms with Gasteiger partial charge in [-0.3, -0.25) is 0 Å². The molecule has 5 nitrogen and oxygen atoms in total. The first kappa shape index (κ1) is 14.9. The molecule has 0 radical (unpaired) electrons. The van der Waals surface area contributed by atoms with Crippen LogP contribution in [0.15, 0.2) is 18.2 Å². The highest BCUT2D eigenvalue weighted by molar-refractivity contribution is 6.32. The molecule has 0 saturated carbocycles. The van der Waals surface area contributed by atoms with Crippen molar-refractivity contribution in [3.05, 3.63) is 23.2 Å². The van der Waals surface area contributed by atoms with Crippen molar-refractivity contribution in [2.75, 3.05) is 38.7 Å². The minimum atomic E-state index is -0.110. The number of nitrogens with zero attached hydrogens (tertiary/aromatic N) is 1. The number of halogens is 1. The van der Waals surface area contributed by atoms with E-state index in [9.17, 15) is 4.79 Å². The lowest BCUT2D eigenvalue weighted by Crippen LogP contribution is -2.32. The number of anilines is 1. The summed E-state index contributed by atoms with van der Waals surface area (Å²) in [5.41, 5.74) is 0.588. The van der Waals surface area contributed by atoms with E-state index in [4.69, 9.17) is 21.1 Å². The standard InChI is InChI=1S/C14H19ClN2O3/c1-19-9-10-20-13-11(15)5-4-6-12(13)16-14(18)17-7-2-3-8-17/h4-6H,2-3,7-10H2,1H3,(H,16,18). The molecule has 1 N–H and O–H groups in total. The number of hydrogen-bond acceptors (Lipinski definition) is 3. The Balaban J connectivity index is 2.05. The van der Waals surface area contributed by atoms with Gasteiger partial charge < -0.3 is 19.7 Å². The van der Waals surface area contributed by atoms with Gasteiger partial charge in [0.2, 0.25) is 0 Å². The first-order valence-electron chi connectivity index (χ1n) is 6.68. The quantitative estimate of drug-likeness (QED) is 0.850. The second-order valence-corrected chi connectivity index (χ2v) is 4.99. The van der Waals surface area contributed by atoms with E-state index < -0.39 is 0 Å². The van der Waals surface area contributed by atoms with Crippen molar-refractivity contribution in [3.63, 3.8) is 0 Å². The maximum Gasteiger partial charge on any atom is 0.321 e. The fourth-order valence-corrected chi connectivity index (χ4v) is 2.32. The van der Waals surface area contributed by atoms with E-state index in [1.807, 2.05) is 0 Å². The minimum Gasteiger partial charge on any atom is -0.487 e. The van der Waals surface area contributed by atoms with Crippen molar-refractivity contribution in [2.24, 2.45) is 0 Å². The summed E-state index contributed by atoms with van der Waals surface area (Å²) in [5.74, 6) is 0.485. The average molecular weight is 299 g/mol. The van der Waals surface area contributed by atoms with E-state index in [0.717, 1.165) is 25.9 Å². The predicted octanol–water partition coefficient (Wildman–Crippen LogP) is 2.99. The topological polar surface area (TPSA) is 50.8 Å². The first-order valence-corrected chi connectivity index (χ1v) is 7.06. The van der Waals surface area contributed by atoms with E-state index in [2.05, 4.69) is 5.32 Å². The number of carbonyl (C=O) groups is 1. The Labute approximate surface area is 123 Å². The van der Waals surface area contributed by atoms with Crippen LogP contribution in [-0.2, 0) is 4.74 Å². The lowest BCUT2D eigenvalue weighted by atomic mass is 10.3. The molecule has 20 heavy (non-hydrogen) atoms. The molecule has 0 bridgehead atoms. The van der Waals surface area contributed by atoms with Crippen LogP contribution in [-0.4, -0.2) is 44.3 Å². The zero-order valence-corrected chi connectivity index (χ0v) is 12.3. The summed E-state index contributed by atoms with van der Waals surface area (Å²) in [4.78, 5) is 13.9. The number of ether oxygens (including phenoxy) is 2. The first-order chi connectivity index (χ1) is 9.72. The number of benzene rings is 1. The van der Waals surface area contributed by atoms with Gasteiger partial charge in [-0.2, -0.15) is 0 Å². The normalized spacial score (nSPS) is 14.4. The van der Waals surface area contributed by atoms with Gasteiger partial charge in [0.1, 0.15) is 6.61 Å². The van der Waals surface area contributed by atoms with Crippen molar-refractivity contribution in [1.29, 1.82) is 0 Å². The van der Waals surface area contributed by atoms with Gasteiger partial charge in [-0.1, -0.05) is 17.7 Å². The van der Waals surface area contributed by atoms with Crippen LogP contribution < -0.4 is 10.1 Å². The molecule has 0 aromatic heterocycles. The zero-order valence-electron chi connectivity index (χ0n) is 11.5. The summed E-state index contributed by atoms with van der Waals surface area (Å²) >= 11 is 6.12. The number of rotatable bonds is 5. The summed E-state index contributed by atoms with van der Waals surface area (Å²) in [6.45, 7) is 2.44. The van der Waals surface area contributed by atoms with Crippen molar-refractivity contribution < 1.29 is 14.3 Å². The van der Waals surface area contributed by atoms with Crippen molar-refractivity contribution in [1.82, 2.24) is 4.90 Å². The van der Waals surface area contributed by atoms with Gasteiger partial charge in [0, 0.05) is 20.2 Å². The number of urea groups is 1. The Hall–Kier alpha value is -1.46. The SMILES string of the molecule is COCCOc1c(Cl)cccc1NC(=O)N1CCCC1. The van der Waals surface area contributed by atoms with Crippen molar-refractivity contribution in [3.8, 4) is 5.75 Å². The molecule has 0 aliphatic carbocycles. The largest absolute Gasteiger partial charge is 0.487 e. The summed E-state index contributed by atoms with van der Waals surface area (Å²) in [7, 11) is 1.60. The van der Waals surface area contributed by atoms with Crippen LogP contribution in [0.3, 0.4) is 0 Å². The van der Waals surface area contributed by atoms with Gasteiger partial charge in [0.15, 0.2) is 5.75 Å². The molecule has 1 saturated heterocycles. The molecular formula is C14H19ClN2O3. The molecule has 1 aromatic carbocycles. The van der Waals surface area contributed by atoms with Gasteiger partial charge in [0.25, 0.3) is 0 Å². The summed E-state index contributed by atoms with van der Waals surface area (Å²) in [6, 6.07) is 5.18. The Morgan fingerprint density at radius 2 is 2.10 bits per heavy atom. The second kappa shape index (κ2) is 7.36. The molecule has 1 fully saturated rings. The fraction of sp³-hybridized carbons (Fsp3) is 0.500. The van der Waals surface area contributed by atoms with Crippen LogP contribution in [0, 0.1) is 0 Å². The van der Waals surface area contributed by atoms with E-state index in [1.165, 1.54) is 0 Å². The average Bonchev–Trinajstić information content (AvgIpc) is 2.96. The molecule has 1 aliphatic heterocycles. The molecule has 2 amide bonds. The Morgan fingerprint density at radius 3 is 2.80 bits per heavy atom. The highest BCUT2D eigenvalue weighted by Crippen LogP contribution is 2.33. The Kier molecular flexibility index (Phi) is 5.49. The van der Waals surface area contributed by atoms with E-state index >= 15 is 0 Å². The summed E-state index contributed by atoms with van der Waals surface area (Å²) in [6.07, 6.45) is 2.11. The van der Waals surface area contributed by atoms with Gasteiger partial charge in [-0.25, -0.2) is 4.79 Å². The smallest absolute Gasteiger partial charge is 0.321 e. The van der Waals surface area contributed by atoms with Crippen LogP contribution in [0.4, 0.5) is 10.5 Å². The third kappa shape index (κ3) is 3.77. The maximum absolute atomic E-state index is 12.1. The molecule has 110 valence electrons. The molecule has 0 atom stereocenters. The molecule has 1 aromatic rings. The van der Waals surface area contributed by atoms with Gasteiger partial charge in [0.05, 0.1) is 17.3 Å². The number of likely N-dealkylation sites (tertiary alicyclic amines) is 1. The number of hydrogen-bond donors (Lipinski definition) is 1. The highest BCUT2D eigenvalue weighted by atomic mass is 35.5. The van der Waals surface area contributed by atoms with Crippen molar-refractivity contribution in [2.45, 2.75) is 12.8 Å². The predicted molar refractivity (Wildman–Crippen MR) is 78.6 cm³/mol. The molecule has 1 heterocycles. The number of carbonyl (C=O) groups excluding carboxylic acids is 1. The number of nitrogens with one attached hydrogen (secondary N) is 1. The Bertz CT molecular complexity index is 462. The maximum atomic E-state index is 12.1. The molecule has 2 rings (SSSR count). The van der Waals surface area contributed by atoms with Crippen LogP contribution >= 0.6 is 11.6 Å². The van der Waals surface area contributed by atoms with Gasteiger partial charge in [-0.05, 0) is 25.0 Å². The van der Waals surface area contributed by atoms with Crippen molar-refractivity contribution >= 4 is 23.3 Å². The van der Waals surface area contributed by atoms with Gasteiger partial charge in [-0.15, -0.1) is 0 Å². The minimum absolute atomic E-state index is 0.110. The number of methoxy groups -OCH3 is 1. The monoisotopic (exact) mass is 298 g/mol. The third-order valence-corrected chi connectivity index (χ3v) is 3.43. The van der Waals surface area contributed by atoms with E-state index in [-0.39, 0.29) is 6.03 Å². The van der Waals surface area contributed by atoms with Crippen LogP contribution in [0.1, 0.15) is 12.8 Å². The summed E-state index contributed by atoms with van der Waals surface area (Å²) < 4.78 is 10.5. The fourth-order valence-electron chi connectivity index (χ4n) is 2.10. The molecule has 1 aliphatic rings. The van der Waals surface area contributed by atoms with E-state index in [0.29, 0.717) is 29.7 Å². The second-order valence-electron chi connectivity index (χ2n) is 4.58. The molecular weight excluding hydrogens is 280 g/mol. The van der Waals surface area contributed by atoms with Gasteiger partial charge >= 0.3 is 6.03 Å². The highest BCUT2D eigenvalue weighted by Gasteiger charge is 2.19. The van der Waals surface area contributed by atoms with Crippen LogP contribution in [0.5, 0.6) is 5.75 Å². The molecule has 0 spiro atoms. The zero-order chi connectivity index (χ0) is 14.4. The molecule has 0 unspecified atom stereocenters. The summed E-state index contributed by atoms with van der Waals surface area (Å²) in [5, 5.41) is 3.33. The molecule has 6 heteroatoms. The third-order valence-electron chi connectivity index (χ3n) is 3.14. The van der Waals surface area contributed by atoms with Crippen LogP contribution in [0.25, 0.3) is 0 Å². The van der Waals surface area contributed by atoms with Crippen LogP contribution in [0.2, 0.25) is 5.02 Å². The Morgan fingerprint density at radius 1 is 1.35 bits per heavy atom. The number of amides is 2.